The summed E-state index contributed by atoms with van der Waals surface area (Å²) in [6.45, 7) is -0.518. The summed E-state index contributed by atoms with van der Waals surface area (Å²) in [5, 5.41) is 8.90. The Morgan fingerprint density at radius 1 is 1.35 bits per heavy atom. The van der Waals surface area contributed by atoms with Crippen LogP contribution in [0.15, 0.2) is 17.0 Å². The Morgan fingerprint density at radius 2 is 1.90 bits per heavy atom. The van der Waals surface area contributed by atoms with Crippen LogP contribution in [0, 0.1) is 6.92 Å². The second-order valence-electron chi connectivity index (χ2n) is 4.05. The molecule has 1 aromatic rings. The highest BCUT2D eigenvalue weighted by atomic mass is 32.2. The zero-order chi connectivity index (χ0) is 15.7. The molecule has 0 unspecified atom stereocenters. The van der Waals surface area contributed by atoms with Crippen LogP contribution < -0.4 is 4.74 Å². The Kier molecular flexibility index (Phi) is 4.33. The van der Waals surface area contributed by atoms with Crippen LogP contribution in [-0.4, -0.2) is 38.5 Å². The lowest BCUT2D eigenvalue weighted by Crippen LogP contribution is -2.21. The van der Waals surface area contributed by atoms with Crippen molar-refractivity contribution >= 4 is 15.8 Å². The van der Waals surface area contributed by atoms with Crippen LogP contribution in [0.1, 0.15) is 15.9 Å². The van der Waals surface area contributed by atoms with E-state index < -0.39 is 39.9 Å². The second-order valence-corrected chi connectivity index (χ2v) is 6.03. The van der Waals surface area contributed by atoms with E-state index >= 15 is 0 Å². The molecular weight excluding hydrogens is 301 g/mol. The highest BCUT2D eigenvalue weighted by Crippen LogP contribution is 2.31. The lowest BCUT2D eigenvalue weighted by atomic mass is 10.1. The molecule has 0 aliphatic rings. The van der Waals surface area contributed by atoms with Gasteiger partial charge in [0, 0.05) is 11.8 Å². The normalized spacial score (nSPS) is 12.2. The molecule has 112 valence electrons. The molecular formula is C11H11F3O5S. The standard InChI is InChI=1S/C11H11F3O5S/c1-6-8(20(2,17)18)4-3-7(10(15)16)9(6)19-5-11(12,13)14/h3-4H,5H2,1-2H3,(H,15,16). The van der Waals surface area contributed by atoms with Crippen molar-refractivity contribution in [1.29, 1.82) is 0 Å². The summed E-state index contributed by atoms with van der Waals surface area (Å²) < 4.78 is 63.8. The van der Waals surface area contributed by atoms with Gasteiger partial charge in [0.25, 0.3) is 0 Å². The van der Waals surface area contributed by atoms with Gasteiger partial charge >= 0.3 is 12.1 Å². The molecule has 0 atom stereocenters. The molecule has 0 amide bonds. The van der Waals surface area contributed by atoms with Crippen molar-refractivity contribution < 1.29 is 36.2 Å². The van der Waals surface area contributed by atoms with E-state index in [0.29, 0.717) is 0 Å². The first-order valence-electron chi connectivity index (χ1n) is 5.20. The van der Waals surface area contributed by atoms with Crippen molar-refractivity contribution in [2.75, 3.05) is 12.9 Å². The summed E-state index contributed by atoms with van der Waals surface area (Å²) in [5.74, 6) is -2.11. The molecule has 1 aromatic carbocycles. The van der Waals surface area contributed by atoms with Gasteiger partial charge in [-0.05, 0) is 19.1 Å². The molecule has 1 rings (SSSR count). The monoisotopic (exact) mass is 312 g/mol. The maximum atomic E-state index is 12.1. The highest BCUT2D eigenvalue weighted by molar-refractivity contribution is 7.90. The first kappa shape index (κ1) is 16.3. The summed E-state index contributed by atoms with van der Waals surface area (Å²) in [5.41, 5.74) is -0.698. The van der Waals surface area contributed by atoms with Crippen LogP contribution in [0.25, 0.3) is 0 Å². The van der Waals surface area contributed by atoms with Crippen LogP contribution in [0.4, 0.5) is 13.2 Å². The van der Waals surface area contributed by atoms with Crippen molar-refractivity contribution in [2.45, 2.75) is 18.0 Å². The van der Waals surface area contributed by atoms with Crippen LogP contribution in [0.5, 0.6) is 5.75 Å². The molecule has 0 saturated heterocycles. The van der Waals surface area contributed by atoms with E-state index in [9.17, 15) is 26.4 Å². The van der Waals surface area contributed by atoms with Crippen LogP contribution >= 0.6 is 0 Å². The fourth-order valence-electron chi connectivity index (χ4n) is 1.58. The number of hydrogen-bond donors (Lipinski definition) is 1. The van der Waals surface area contributed by atoms with Crippen LogP contribution in [0.2, 0.25) is 0 Å². The maximum absolute atomic E-state index is 12.1. The number of carboxylic acids is 1. The Morgan fingerprint density at radius 3 is 2.30 bits per heavy atom. The Hall–Kier alpha value is -1.77. The minimum Gasteiger partial charge on any atom is -0.483 e. The Bertz CT molecular complexity index is 634. The molecule has 20 heavy (non-hydrogen) atoms. The molecule has 0 spiro atoms. The van der Waals surface area contributed by atoms with E-state index in [2.05, 4.69) is 4.74 Å². The minimum absolute atomic E-state index is 0.170. The number of sulfone groups is 1. The number of benzene rings is 1. The van der Waals surface area contributed by atoms with Crippen LogP contribution in [-0.2, 0) is 9.84 Å². The largest absolute Gasteiger partial charge is 0.483 e. The first-order valence-corrected chi connectivity index (χ1v) is 7.09. The van der Waals surface area contributed by atoms with E-state index in [1.807, 2.05) is 0 Å². The molecule has 0 aromatic heterocycles. The SMILES string of the molecule is Cc1c(S(C)(=O)=O)ccc(C(=O)O)c1OCC(F)(F)F. The summed E-state index contributed by atoms with van der Waals surface area (Å²) in [6.07, 6.45) is -3.80. The predicted molar refractivity (Wildman–Crippen MR) is 62.8 cm³/mol. The number of aromatic carboxylic acids is 1. The molecule has 0 radical (unpaired) electrons. The maximum Gasteiger partial charge on any atom is 0.422 e. The molecule has 0 heterocycles. The van der Waals surface area contributed by atoms with Crippen molar-refractivity contribution in [2.24, 2.45) is 0 Å². The van der Waals surface area contributed by atoms with Crippen molar-refractivity contribution in [3.63, 3.8) is 0 Å². The Balaban J connectivity index is 3.40. The van der Waals surface area contributed by atoms with Gasteiger partial charge in [0.05, 0.1) is 4.90 Å². The van der Waals surface area contributed by atoms with E-state index in [-0.39, 0.29) is 10.5 Å². The number of ether oxygens (including phenoxy) is 1. The van der Waals surface area contributed by atoms with Gasteiger partial charge in [0.2, 0.25) is 0 Å². The average Bonchev–Trinajstić information content (AvgIpc) is 2.23. The lowest BCUT2D eigenvalue weighted by Gasteiger charge is -2.15. The van der Waals surface area contributed by atoms with Gasteiger partial charge in [0.15, 0.2) is 16.4 Å². The predicted octanol–water partition coefficient (Wildman–Crippen LogP) is 2.04. The summed E-state index contributed by atoms with van der Waals surface area (Å²) in [7, 11) is -3.71. The average molecular weight is 312 g/mol. The molecule has 9 heteroatoms. The van der Waals surface area contributed by atoms with Gasteiger partial charge in [-0.25, -0.2) is 13.2 Å². The van der Waals surface area contributed by atoms with Crippen molar-refractivity contribution in [3.8, 4) is 5.75 Å². The second kappa shape index (κ2) is 5.31. The third kappa shape index (κ3) is 3.86. The molecule has 5 nitrogen and oxygen atoms in total. The zero-order valence-electron chi connectivity index (χ0n) is 10.5. The van der Waals surface area contributed by atoms with Gasteiger partial charge in [-0.15, -0.1) is 0 Å². The fourth-order valence-corrected chi connectivity index (χ4v) is 2.55. The lowest BCUT2D eigenvalue weighted by molar-refractivity contribution is -0.153. The molecule has 1 N–H and O–H groups in total. The van der Waals surface area contributed by atoms with Gasteiger partial charge in [-0.3, -0.25) is 0 Å². The van der Waals surface area contributed by atoms with Gasteiger partial charge in [-0.2, -0.15) is 13.2 Å². The molecule has 0 aliphatic carbocycles. The summed E-state index contributed by atoms with van der Waals surface area (Å²) in [4.78, 5) is 10.7. The van der Waals surface area contributed by atoms with E-state index in [0.717, 1.165) is 18.4 Å². The van der Waals surface area contributed by atoms with Gasteiger partial charge < -0.3 is 9.84 Å². The number of rotatable bonds is 4. The first-order chi connectivity index (χ1) is 8.93. The van der Waals surface area contributed by atoms with E-state index in [1.54, 1.807) is 0 Å². The highest BCUT2D eigenvalue weighted by Gasteiger charge is 2.30. The quantitative estimate of drug-likeness (QED) is 0.920. The fraction of sp³-hybridized carbons (Fsp3) is 0.364. The number of hydrogen-bond acceptors (Lipinski definition) is 4. The molecule has 0 saturated carbocycles. The Labute approximate surface area is 112 Å². The van der Waals surface area contributed by atoms with Crippen LogP contribution in [0.3, 0.4) is 0 Å². The summed E-state index contributed by atoms with van der Waals surface area (Å²) in [6, 6.07) is 1.92. The van der Waals surface area contributed by atoms with Crippen molar-refractivity contribution in [1.82, 2.24) is 0 Å². The topological polar surface area (TPSA) is 80.7 Å². The number of carbonyl (C=O) groups is 1. The third-order valence-electron chi connectivity index (χ3n) is 2.37. The zero-order valence-corrected chi connectivity index (χ0v) is 11.3. The minimum atomic E-state index is -4.66. The number of halogens is 3. The van der Waals surface area contributed by atoms with Gasteiger partial charge in [0.1, 0.15) is 11.3 Å². The van der Waals surface area contributed by atoms with E-state index in [1.165, 1.54) is 6.92 Å². The van der Waals surface area contributed by atoms with Crippen molar-refractivity contribution in [3.05, 3.63) is 23.3 Å². The van der Waals surface area contributed by atoms with Gasteiger partial charge in [-0.1, -0.05) is 0 Å². The number of alkyl halides is 3. The molecule has 0 bridgehead atoms. The smallest absolute Gasteiger partial charge is 0.422 e. The van der Waals surface area contributed by atoms with E-state index in [4.69, 9.17) is 5.11 Å². The third-order valence-corrected chi connectivity index (χ3v) is 3.61. The number of carboxylic acid groups (broad SMARTS) is 1. The summed E-state index contributed by atoms with van der Waals surface area (Å²) >= 11 is 0. The molecule has 0 fully saturated rings. The molecule has 0 aliphatic heterocycles.